The predicted octanol–water partition coefficient (Wildman–Crippen LogP) is 1.07. The van der Waals surface area contributed by atoms with Gasteiger partial charge in [0.25, 0.3) is 5.91 Å². The molecular formula is C13H20N4O3. The number of likely N-dealkylation sites (tertiary alicyclic amines) is 1. The van der Waals surface area contributed by atoms with Crippen LogP contribution in [0.3, 0.4) is 0 Å². The minimum Gasteiger partial charge on any atom is -0.450 e. The molecule has 0 aliphatic carbocycles. The Morgan fingerprint density at radius 1 is 1.50 bits per heavy atom. The first-order chi connectivity index (χ1) is 9.61. The molecule has 0 bridgehead atoms. The van der Waals surface area contributed by atoms with Crippen LogP contribution in [0, 0.1) is 6.92 Å². The molecule has 0 aromatic carbocycles. The molecule has 7 heteroatoms. The Kier molecular flexibility index (Phi) is 4.60. The lowest BCUT2D eigenvalue weighted by Crippen LogP contribution is -2.46. The summed E-state index contributed by atoms with van der Waals surface area (Å²) < 4.78 is 4.96. The van der Waals surface area contributed by atoms with Crippen LogP contribution in [-0.2, 0) is 4.74 Å². The number of carbonyl (C=O) groups excluding carboxylic acids is 2. The van der Waals surface area contributed by atoms with Crippen molar-refractivity contribution >= 4 is 12.0 Å². The van der Waals surface area contributed by atoms with E-state index in [2.05, 4.69) is 15.3 Å². The van der Waals surface area contributed by atoms with Crippen LogP contribution >= 0.6 is 0 Å². The Labute approximate surface area is 117 Å². The third-order valence-corrected chi connectivity index (χ3v) is 3.40. The number of ether oxygens (including phenoxy) is 1. The van der Waals surface area contributed by atoms with Gasteiger partial charge in [0.15, 0.2) is 0 Å². The zero-order chi connectivity index (χ0) is 14.5. The van der Waals surface area contributed by atoms with Crippen molar-refractivity contribution in [3.8, 4) is 0 Å². The number of hydrogen-bond acceptors (Lipinski definition) is 4. The van der Waals surface area contributed by atoms with Gasteiger partial charge in [0.1, 0.15) is 5.69 Å². The van der Waals surface area contributed by atoms with Gasteiger partial charge in [-0.3, -0.25) is 4.79 Å². The molecule has 1 aromatic heterocycles. The molecular weight excluding hydrogens is 260 g/mol. The van der Waals surface area contributed by atoms with E-state index in [9.17, 15) is 9.59 Å². The number of aromatic nitrogens is 2. The van der Waals surface area contributed by atoms with Crippen molar-refractivity contribution in [2.75, 3.05) is 19.7 Å². The summed E-state index contributed by atoms with van der Waals surface area (Å²) in [5.41, 5.74) is 1.18. The molecule has 1 fully saturated rings. The fourth-order valence-electron chi connectivity index (χ4n) is 2.26. The second-order valence-corrected chi connectivity index (χ2v) is 4.81. The van der Waals surface area contributed by atoms with Gasteiger partial charge in [-0.25, -0.2) is 9.78 Å². The standard InChI is InChI=1S/C13H20N4O3/c1-3-20-13(19)17-6-4-10(5-7-17)16-12(18)11-9(2)14-8-15-11/h8,10H,3-7H2,1-2H3,(H,14,15)(H,16,18). The van der Waals surface area contributed by atoms with Crippen LogP contribution in [0.25, 0.3) is 0 Å². The number of carbonyl (C=O) groups is 2. The van der Waals surface area contributed by atoms with E-state index in [0.29, 0.717) is 25.4 Å². The summed E-state index contributed by atoms with van der Waals surface area (Å²) in [4.78, 5) is 32.1. The zero-order valence-corrected chi connectivity index (χ0v) is 11.8. The number of piperidine rings is 1. The lowest BCUT2D eigenvalue weighted by molar-refractivity contribution is 0.0856. The highest BCUT2D eigenvalue weighted by atomic mass is 16.6. The molecule has 0 spiro atoms. The van der Waals surface area contributed by atoms with Crippen molar-refractivity contribution in [1.82, 2.24) is 20.2 Å². The van der Waals surface area contributed by atoms with Gasteiger partial charge in [-0.2, -0.15) is 0 Å². The Morgan fingerprint density at radius 2 is 2.20 bits per heavy atom. The van der Waals surface area contributed by atoms with E-state index in [1.807, 2.05) is 6.92 Å². The summed E-state index contributed by atoms with van der Waals surface area (Å²) >= 11 is 0. The molecule has 110 valence electrons. The maximum absolute atomic E-state index is 12.0. The molecule has 0 atom stereocenters. The van der Waals surface area contributed by atoms with Crippen LogP contribution < -0.4 is 5.32 Å². The molecule has 1 saturated heterocycles. The highest BCUT2D eigenvalue weighted by Gasteiger charge is 2.25. The third-order valence-electron chi connectivity index (χ3n) is 3.40. The van der Waals surface area contributed by atoms with Gasteiger partial charge in [0.05, 0.1) is 12.9 Å². The smallest absolute Gasteiger partial charge is 0.409 e. The van der Waals surface area contributed by atoms with Gasteiger partial charge in [-0.1, -0.05) is 0 Å². The molecule has 7 nitrogen and oxygen atoms in total. The number of hydrogen-bond donors (Lipinski definition) is 2. The second kappa shape index (κ2) is 6.40. The molecule has 2 heterocycles. The normalized spacial score (nSPS) is 16.0. The number of aromatic amines is 1. The van der Waals surface area contributed by atoms with Crippen LogP contribution in [0.1, 0.15) is 35.9 Å². The minimum atomic E-state index is -0.277. The Balaban J connectivity index is 1.81. The third kappa shape index (κ3) is 3.28. The Bertz CT molecular complexity index is 478. The maximum atomic E-state index is 12.0. The first-order valence-electron chi connectivity index (χ1n) is 6.84. The van der Waals surface area contributed by atoms with Gasteiger partial charge in [-0.05, 0) is 26.7 Å². The summed E-state index contributed by atoms with van der Waals surface area (Å²) in [5.74, 6) is -0.168. The van der Waals surface area contributed by atoms with E-state index in [1.54, 1.807) is 11.8 Å². The van der Waals surface area contributed by atoms with Gasteiger partial charge < -0.3 is 19.9 Å². The predicted molar refractivity (Wildman–Crippen MR) is 72.4 cm³/mol. The van der Waals surface area contributed by atoms with Crippen molar-refractivity contribution in [1.29, 1.82) is 0 Å². The highest BCUT2D eigenvalue weighted by Crippen LogP contribution is 2.12. The monoisotopic (exact) mass is 280 g/mol. The van der Waals surface area contributed by atoms with Crippen molar-refractivity contribution in [2.45, 2.75) is 32.7 Å². The van der Waals surface area contributed by atoms with E-state index in [1.165, 1.54) is 6.33 Å². The van der Waals surface area contributed by atoms with Gasteiger partial charge in [-0.15, -0.1) is 0 Å². The van der Waals surface area contributed by atoms with Crippen molar-refractivity contribution < 1.29 is 14.3 Å². The number of aryl methyl sites for hydroxylation is 1. The van der Waals surface area contributed by atoms with Gasteiger partial charge in [0, 0.05) is 24.8 Å². The Morgan fingerprint density at radius 3 is 2.75 bits per heavy atom. The Hall–Kier alpha value is -2.05. The molecule has 0 saturated carbocycles. The molecule has 1 aromatic rings. The van der Waals surface area contributed by atoms with E-state index in [4.69, 9.17) is 4.74 Å². The lowest BCUT2D eigenvalue weighted by atomic mass is 10.1. The molecule has 20 heavy (non-hydrogen) atoms. The summed E-state index contributed by atoms with van der Waals surface area (Å²) in [7, 11) is 0. The fourth-order valence-corrected chi connectivity index (χ4v) is 2.26. The average Bonchev–Trinajstić information content (AvgIpc) is 2.86. The summed E-state index contributed by atoms with van der Waals surface area (Å²) in [5, 5.41) is 2.95. The molecule has 0 unspecified atom stereocenters. The van der Waals surface area contributed by atoms with Crippen molar-refractivity contribution in [3.05, 3.63) is 17.7 Å². The van der Waals surface area contributed by atoms with Crippen LogP contribution in [0.4, 0.5) is 4.79 Å². The topological polar surface area (TPSA) is 87.3 Å². The number of amides is 2. The van der Waals surface area contributed by atoms with Crippen LogP contribution in [0.5, 0.6) is 0 Å². The average molecular weight is 280 g/mol. The molecule has 1 aliphatic heterocycles. The second-order valence-electron chi connectivity index (χ2n) is 4.81. The SMILES string of the molecule is CCOC(=O)N1CCC(NC(=O)c2nc[nH]c2C)CC1. The van der Waals surface area contributed by atoms with E-state index in [0.717, 1.165) is 18.5 Å². The summed E-state index contributed by atoms with van der Waals surface area (Å²) in [6.45, 7) is 5.18. The highest BCUT2D eigenvalue weighted by molar-refractivity contribution is 5.93. The molecule has 1 aliphatic rings. The number of H-pyrrole nitrogens is 1. The summed E-state index contributed by atoms with van der Waals surface area (Å²) in [6.07, 6.45) is 2.69. The van der Waals surface area contributed by atoms with Crippen LogP contribution in [0.2, 0.25) is 0 Å². The van der Waals surface area contributed by atoms with Gasteiger partial charge in [0.2, 0.25) is 0 Å². The van der Waals surface area contributed by atoms with Crippen LogP contribution in [0.15, 0.2) is 6.33 Å². The van der Waals surface area contributed by atoms with Crippen LogP contribution in [-0.4, -0.2) is 52.6 Å². The molecule has 2 rings (SSSR count). The first-order valence-corrected chi connectivity index (χ1v) is 6.84. The number of imidazole rings is 1. The largest absolute Gasteiger partial charge is 0.450 e. The van der Waals surface area contributed by atoms with E-state index >= 15 is 0 Å². The summed E-state index contributed by atoms with van der Waals surface area (Å²) in [6, 6.07) is 0.0734. The zero-order valence-electron chi connectivity index (χ0n) is 11.8. The number of nitrogens with zero attached hydrogens (tertiary/aromatic N) is 2. The lowest BCUT2D eigenvalue weighted by Gasteiger charge is -2.31. The number of rotatable bonds is 3. The fraction of sp³-hybridized carbons (Fsp3) is 0.615. The quantitative estimate of drug-likeness (QED) is 0.867. The first kappa shape index (κ1) is 14.4. The van der Waals surface area contributed by atoms with E-state index < -0.39 is 0 Å². The minimum absolute atomic E-state index is 0.0734. The number of nitrogens with one attached hydrogen (secondary N) is 2. The molecule has 2 amide bonds. The van der Waals surface area contributed by atoms with Crippen molar-refractivity contribution in [2.24, 2.45) is 0 Å². The molecule has 0 radical (unpaired) electrons. The molecule has 2 N–H and O–H groups in total. The van der Waals surface area contributed by atoms with E-state index in [-0.39, 0.29) is 18.0 Å². The maximum Gasteiger partial charge on any atom is 0.409 e. The van der Waals surface area contributed by atoms with Crippen molar-refractivity contribution in [3.63, 3.8) is 0 Å². The van der Waals surface area contributed by atoms with Gasteiger partial charge >= 0.3 is 6.09 Å².